The fourth-order valence-corrected chi connectivity index (χ4v) is 1.91. The SMILES string of the molecule is CCCN=C(N)NC1CCN(C)C(C)C1. The molecule has 0 saturated carbocycles. The number of likely N-dealkylation sites (tertiary alicyclic amines) is 1. The lowest BCUT2D eigenvalue weighted by molar-refractivity contribution is 0.177. The molecule has 0 aliphatic carbocycles. The normalized spacial score (nSPS) is 29.1. The Labute approximate surface area is 92.9 Å². The molecule has 4 nitrogen and oxygen atoms in total. The van der Waals surface area contributed by atoms with Crippen LogP contribution in [0.3, 0.4) is 0 Å². The van der Waals surface area contributed by atoms with Crippen molar-refractivity contribution in [3.8, 4) is 0 Å². The monoisotopic (exact) mass is 212 g/mol. The number of rotatable bonds is 3. The highest BCUT2D eigenvalue weighted by molar-refractivity contribution is 5.78. The van der Waals surface area contributed by atoms with Gasteiger partial charge in [0.1, 0.15) is 0 Å². The number of hydrogen-bond donors (Lipinski definition) is 2. The second-order valence-corrected chi connectivity index (χ2v) is 4.46. The van der Waals surface area contributed by atoms with Crippen LogP contribution < -0.4 is 11.1 Å². The Kier molecular flexibility index (Phi) is 4.88. The smallest absolute Gasteiger partial charge is 0.188 e. The van der Waals surface area contributed by atoms with E-state index in [-0.39, 0.29) is 0 Å². The Balaban J connectivity index is 2.33. The van der Waals surface area contributed by atoms with Gasteiger partial charge in [0.2, 0.25) is 0 Å². The standard InChI is InChI=1S/C11H24N4/c1-4-6-13-11(12)14-10-5-7-15(3)9(2)8-10/h9-10H,4-8H2,1-3H3,(H3,12,13,14). The highest BCUT2D eigenvalue weighted by atomic mass is 15.2. The van der Waals surface area contributed by atoms with Gasteiger partial charge >= 0.3 is 0 Å². The molecule has 88 valence electrons. The van der Waals surface area contributed by atoms with Crippen LogP contribution in [0.5, 0.6) is 0 Å². The summed E-state index contributed by atoms with van der Waals surface area (Å²) < 4.78 is 0. The van der Waals surface area contributed by atoms with Crippen LogP contribution in [0.15, 0.2) is 4.99 Å². The van der Waals surface area contributed by atoms with E-state index in [1.807, 2.05) is 0 Å². The minimum atomic E-state index is 0.497. The lowest BCUT2D eigenvalue weighted by Gasteiger charge is -2.35. The fraction of sp³-hybridized carbons (Fsp3) is 0.909. The second-order valence-electron chi connectivity index (χ2n) is 4.46. The number of guanidine groups is 1. The molecule has 0 aromatic heterocycles. The summed E-state index contributed by atoms with van der Waals surface area (Å²) in [6.07, 6.45) is 3.36. The molecule has 3 N–H and O–H groups in total. The van der Waals surface area contributed by atoms with Crippen LogP contribution in [-0.2, 0) is 0 Å². The number of aliphatic imine (C=N–C) groups is 1. The number of hydrogen-bond acceptors (Lipinski definition) is 2. The largest absolute Gasteiger partial charge is 0.370 e. The van der Waals surface area contributed by atoms with Gasteiger partial charge in [-0.05, 0) is 33.2 Å². The molecule has 15 heavy (non-hydrogen) atoms. The van der Waals surface area contributed by atoms with Crippen LogP contribution in [0.4, 0.5) is 0 Å². The Hall–Kier alpha value is -0.770. The van der Waals surface area contributed by atoms with Crippen LogP contribution in [0, 0.1) is 0 Å². The van der Waals surface area contributed by atoms with E-state index in [9.17, 15) is 0 Å². The molecule has 1 fully saturated rings. The molecule has 4 heteroatoms. The van der Waals surface area contributed by atoms with Crippen LogP contribution >= 0.6 is 0 Å². The lowest BCUT2D eigenvalue weighted by atomic mass is 9.99. The molecule has 1 aliphatic rings. The van der Waals surface area contributed by atoms with Gasteiger partial charge in [-0.1, -0.05) is 6.92 Å². The lowest BCUT2D eigenvalue weighted by Crippen LogP contribution is -2.49. The first-order chi connectivity index (χ1) is 7.13. The number of nitrogens with zero attached hydrogens (tertiary/aromatic N) is 2. The topological polar surface area (TPSA) is 53.6 Å². The molecule has 1 rings (SSSR count). The van der Waals surface area contributed by atoms with Gasteiger partial charge in [0, 0.05) is 25.2 Å². The average Bonchev–Trinajstić information content (AvgIpc) is 2.20. The first-order valence-electron chi connectivity index (χ1n) is 5.90. The summed E-state index contributed by atoms with van der Waals surface area (Å²) in [5.74, 6) is 0.610. The second kappa shape index (κ2) is 5.95. The predicted octanol–water partition coefficient (Wildman–Crippen LogP) is 0.783. The number of piperidine rings is 1. The Morgan fingerprint density at radius 1 is 1.60 bits per heavy atom. The van der Waals surface area contributed by atoms with Crippen molar-refractivity contribution in [3.05, 3.63) is 0 Å². The van der Waals surface area contributed by atoms with Crippen LogP contribution in [-0.4, -0.2) is 43.1 Å². The molecule has 0 aromatic carbocycles. The van der Waals surface area contributed by atoms with E-state index in [1.54, 1.807) is 0 Å². The molecule has 1 aliphatic heterocycles. The van der Waals surface area contributed by atoms with Gasteiger partial charge in [0.15, 0.2) is 5.96 Å². The maximum atomic E-state index is 5.80. The van der Waals surface area contributed by atoms with Crippen molar-refractivity contribution in [2.75, 3.05) is 20.1 Å². The fourth-order valence-electron chi connectivity index (χ4n) is 1.91. The molecule has 1 heterocycles. The van der Waals surface area contributed by atoms with Gasteiger partial charge in [-0.3, -0.25) is 4.99 Å². The molecular formula is C11H24N4. The summed E-state index contributed by atoms with van der Waals surface area (Å²) in [7, 11) is 2.18. The Bertz CT molecular complexity index is 215. The zero-order valence-electron chi connectivity index (χ0n) is 10.2. The summed E-state index contributed by atoms with van der Waals surface area (Å²) in [5.41, 5.74) is 5.80. The quantitative estimate of drug-likeness (QED) is 0.537. The average molecular weight is 212 g/mol. The number of nitrogens with two attached hydrogens (primary N) is 1. The molecule has 2 unspecified atom stereocenters. The van der Waals surface area contributed by atoms with Crippen molar-refractivity contribution in [2.45, 2.75) is 45.2 Å². The maximum Gasteiger partial charge on any atom is 0.188 e. The van der Waals surface area contributed by atoms with Crippen molar-refractivity contribution < 1.29 is 0 Å². The van der Waals surface area contributed by atoms with E-state index in [0.717, 1.165) is 32.4 Å². The van der Waals surface area contributed by atoms with E-state index in [4.69, 9.17) is 5.73 Å². The van der Waals surface area contributed by atoms with E-state index in [2.05, 4.69) is 36.1 Å². The molecule has 0 amide bonds. The zero-order valence-corrected chi connectivity index (χ0v) is 10.2. The minimum absolute atomic E-state index is 0.497. The van der Waals surface area contributed by atoms with Crippen molar-refractivity contribution in [1.29, 1.82) is 0 Å². The van der Waals surface area contributed by atoms with Gasteiger partial charge < -0.3 is 16.0 Å². The maximum absolute atomic E-state index is 5.80. The molecule has 0 aromatic rings. The van der Waals surface area contributed by atoms with E-state index < -0.39 is 0 Å². The number of nitrogens with one attached hydrogen (secondary N) is 1. The molecule has 0 bridgehead atoms. The first kappa shape index (κ1) is 12.3. The summed E-state index contributed by atoms with van der Waals surface area (Å²) in [5, 5.41) is 3.31. The molecule has 2 atom stereocenters. The van der Waals surface area contributed by atoms with Crippen molar-refractivity contribution in [1.82, 2.24) is 10.2 Å². The van der Waals surface area contributed by atoms with Crippen molar-refractivity contribution in [3.63, 3.8) is 0 Å². The van der Waals surface area contributed by atoms with Gasteiger partial charge in [0.25, 0.3) is 0 Å². The summed E-state index contributed by atoms with van der Waals surface area (Å²) in [6.45, 7) is 6.32. The zero-order chi connectivity index (χ0) is 11.3. The van der Waals surface area contributed by atoms with Crippen molar-refractivity contribution in [2.24, 2.45) is 10.7 Å². The van der Waals surface area contributed by atoms with E-state index in [0.29, 0.717) is 18.0 Å². The van der Waals surface area contributed by atoms with E-state index in [1.165, 1.54) is 0 Å². The third kappa shape index (κ3) is 4.08. The predicted molar refractivity (Wildman–Crippen MR) is 65.0 cm³/mol. The van der Waals surface area contributed by atoms with Crippen LogP contribution in [0.1, 0.15) is 33.1 Å². The van der Waals surface area contributed by atoms with Crippen molar-refractivity contribution >= 4 is 5.96 Å². The van der Waals surface area contributed by atoms with Gasteiger partial charge in [-0.15, -0.1) is 0 Å². The summed E-state index contributed by atoms with van der Waals surface area (Å²) >= 11 is 0. The Morgan fingerprint density at radius 2 is 2.33 bits per heavy atom. The molecule has 0 radical (unpaired) electrons. The highest BCUT2D eigenvalue weighted by Gasteiger charge is 2.22. The Morgan fingerprint density at radius 3 is 2.93 bits per heavy atom. The van der Waals surface area contributed by atoms with Crippen LogP contribution in [0.2, 0.25) is 0 Å². The summed E-state index contributed by atoms with van der Waals surface area (Å²) in [6, 6.07) is 1.13. The first-order valence-corrected chi connectivity index (χ1v) is 5.90. The summed E-state index contributed by atoms with van der Waals surface area (Å²) in [4.78, 5) is 6.64. The molecule has 1 saturated heterocycles. The third-order valence-electron chi connectivity index (χ3n) is 3.07. The van der Waals surface area contributed by atoms with E-state index >= 15 is 0 Å². The molecular weight excluding hydrogens is 188 g/mol. The minimum Gasteiger partial charge on any atom is -0.370 e. The van der Waals surface area contributed by atoms with Gasteiger partial charge in [0.05, 0.1) is 0 Å². The van der Waals surface area contributed by atoms with Gasteiger partial charge in [-0.25, -0.2) is 0 Å². The van der Waals surface area contributed by atoms with Gasteiger partial charge in [-0.2, -0.15) is 0 Å². The van der Waals surface area contributed by atoms with Crippen LogP contribution in [0.25, 0.3) is 0 Å². The molecule has 0 spiro atoms. The third-order valence-corrected chi connectivity index (χ3v) is 3.07. The highest BCUT2D eigenvalue weighted by Crippen LogP contribution is 2.14.